The molecule has 1 amide bonds. The number of hydrogen-bond acceptors (Lipinski definition) is 5. The molecule has 3 heterocycles. The maximum atomic E-state index is 12.8. The van der Waals surface area contributed by atoms with Crippen molar-refractivity contribution in [2.45, 2.75) is 43.9 Å². The van der Waals surface area contributed by atoms with Crippen LogP contribution in [0.5, 0.6) is 0 Å². The Bertz CT molecular complexity index is 944. The number of pyridine rings is 1. The highest BCUT2D eigenvalue weighted by molar-refractivity contribution is 7.99. The Balaban J connectivity index is 1.56. The summed E-state index contributed by atoms with van der Waals surface area (Å²) in [6, 6.07) is 14.4. The number of benzene rings is 1. The van der Waals surface area contributed by atoms with Crippen LogP contribution in [0.2, 0.25) is 0 Å². The molecule has 1 atom stereocenters. The van der Waals surface area contributed by atoms with Gasteiger partial charge in [-0.05, 0) is 43.9 Å². The monoisotopic (exact) mass is 407 g/mol. The molecule has 150 valence electrons. The minimum absolute atomic E-state index is 0.180. The predicted molar refractivity (Wildman–Crippen MR) is 115 cm³/mol. The summed E-state index contributed by atoms with van der Waals surface area (Å²) >= 11 is 1.46. The molecule has 0 spiro atoms. The van der Waals surface area contributed by atoms with Crippen LogP contribution in [-0.2, 0) is 11.3 Å². The highest BCUT2D eigenvalue weighted by Crippen LogP contribution is 2.26. The summed E-state index contributed by atoms with van der Waals surface area (Å²) in [7, 11) is 0. The molecular formula is C22H25N5OS. The van der Waals surface area contributed by atoms with Gasteiger partial charge in [0.2, 0.25) is 5.91 Å². The Morgan fingerprint density at radius 3 is 2.76 bits per heavy atom. The van der Waals surface area contributed by atoms with E-state index in [4.69, 9.17) is 0 Å². The minimum atomic E-state index is 0.180. The Hall–Kier alpha value is -2.67. The van der Waals surface area contributed by atoms with Crippen LogP contribution in [0.4, 0.5) is 0 Å². The number of piperidine rings is 1. The van der Waals surface area contributed by atoms with Crippen molar-refractivity contribution >= 4 is 17.7 Å². The topological polar surface area (TPSA) is 63.9 Å². The van der Waals surface area contributed by atoms with Crippen molar-refractivity contribution in [3.05, 3.63) is 60.4 Å². The molecule has 3 aromatic rings. The van der Waals surface area contributed by atoms with E-state index in [2.05, 4.69) is 38.8 Å². The summed E-state index contributed by atoms with van der Waals surface area (Å²) in [5, 5.41) is 9.57. The number of nitrogens with zero attached hydrogens (tertiary/aromatic N) is 5. The molecule has 0 bridgehead atoms. The smallest absolute Gasteiger partial charge is 0.233 e. The Kier molecular flexibility index (Phi) is 6.24. The molecule has 1 aliphatic heterocycles. The van der Waals surface area contributed by atoms with Gasteiger partial charge < -0.3 is 4.90 Å². The molecule has 1 saturated heterocycles. The second-order valence-electron chi connectivity index (χ2n) is 7.34. The fourth-order valence-electron chi connectivity index (χ4n) is 3.69. The largest absolute Gasteiger partial charge is 0.339 e. The molecular weight excluding hydrogens is 382 g/mol. The van der Waals surface area contributed by atoms with Crippen LogP contribution in [0.25, 0.3) is 11.4 Å². The van der Waals surface area contributed by atoms with Crippen LogP contribution < -0.4 is 0 Å². The number of hydrogen-bond donors (Lipinski definition) is 0. The van der Waals surface area contributed by atoms with Gasteiger partial charge in [-0.3, -0.25) is 14.3 Å². The summed E-state index contributed by atoms with van der Waals surface area (Å²) in [5.41, 5.74) is 2.08. The van der Waals surface area contributed by atoms with Crippen LogP contribution >= 0.6 is 11.8 Å². The van der Waals surface area contributed by atoms with Crippen molar-refractivity contribution in [3.63, 3.8) is 0 Å². The average Bonchev–Trinajstić information content (AvgIpc) is 3.16. The third kappa shape index (κ3) is 4.67. The number of amides is 1. The Morgan fingerprint density at radius 1 is 1.14 bits per heavy atom. The lowest BCUT2D eigenvalue weighted by atomic mass is 10.0. The SMILES string of the molecule is C[C@@H]1CCCCN1C(=O)CSc1nnc(-c2cccnc2)n1Cc1ccccc1. The average molecular weight is 408 g/mol. The number of thioether (sulfide) groups is 1. The van der Waals surface area contributed by atoms with E-state index in [0.717, 1.165) is 41.5 Å². The van der Waals surface area contributed by atoms with Crippen molar-refractivity contribution in [3.8, 4) is 11.4 Å². The van der Waals surface area contributed by atoms with Gasteiger partial charge in [-0.2, -0.15) is 0 Å². The first-order chi connectivity index (χ1) is 14.2. The van der Waals surface area contributed by atoms with E-state index < -0.39 is 0 Å². The van der Waals surface area contributed by atoms with E-state index in [1.807, 2.05) is 35.2 Å². The highest BCUT2D eigenvalue weighted by atomic mass is 32.2. The zero-order chi connectivity index (χ0) is 20.1. The maximum absolute atomic E-state index is 12.8. The van der Waals surface area contributed by atoms with Crippen LogP contribution in [0.15, 0.2) is 60.0 Å². The normalized spacial score (nSPS) is 16.7. The van der Waals surface area contributed by atoms with Crippen LogP contribution in [-0.4, -0.2) is 48.9 Å². The zero-order valence-electron chi connectivity index (χ0n) is 16.6. The van der Waals surface area contributed by atoms with Gasteiger partial charge in [0.25, 0.3) is 0 Å². The number of carbonyl (C=O) groups excluding carboxylic acids is 1. The predicted octanol–water partition coefficient (Wildman–Crippen LogP) is 3.88. The van der Waals surface area contributed by atoms with Gasteiger partial charge in [0, 0.05) is 30.5 Å². The summed E-state index contributed by atoms with van der Waals surface area (Å²) in [6.45, 7) is 3.65. The lowest BCUT2D eigenvalue weighted by molar-refractivity contribution is -0.131. The molecule has 2 aromatic heterocycles. The number of rotatable bonds is 6. The molecule has 6 nitrogen and oxygen atoms in total. The Labute approximate surface area is 175 Å². The molecule has 29 heavy (non-hydrogen) atoms. The van der Waals surface area contributed by atoms with Gasteiger partial charge >= 0.3 is 0 Å². The first kappa shape index (κ1) is 19.6. The van der Waals surface area contributed by atoms with Gasteiger partial charge in [-0.15, -0.1) is 10.2 Å². The van der Waals surface area contributed by atoms with Crippen molar-refractivity contribution in [1.82, 2.24) is 24.6 Å². The molecule has 0 saturated carbocycles. The van der Waals surface area contributed by atoms with E-state index in [0.29, 0.717) is 18.3 Å². The molecule has 0 unspecified atom stereocenters. The second-order valence-corrected chi connectivity index (χ2v) is 8.28. The van der Waals surface area contributed by atoms with Gasteiger partial charge in [0.1, 0.15) is 0 Å². The fourth-order valence-corrected chi connectivity index (χ4v) is 4.51. The lowest BCUT2D eigenvalue weighted by Gasteiger charge is -2.33. The fraction of sp³-hybridized carbons (Fsp3) is 0.364. The lowest BCUT2D eigenvalue weighted by Crippen LogP contribution is -2.43. The third-order valence-corrected chi connectivity index (χ3v) is 6.22. The summed E-state index contributed by atoms with van der Waals surface area (Å²) < 4.78 is 2.07. The summed E-state index contributed by atoms with van der Waals surface area (Å²) in [6.07, 6.45) is 6.93. The summed E-state index contributed by atoms with van der Waals surface area (Å²) in [4.78, 5) is 19.0. The zero-order valence-corrected chi connectivity index (χ0v) is 17.4. The molecule has 0 aliphatic carbocycles. The van der Waals surface area contributed by atoms with Crippen molar-refractivity contribution in [1.29, 1.82) is 0 Å². The summed E-state index contributed by atoms with van der Waals surface area (Å²) in [5.74, 6) is 1.33. The van der Waals surface area contributed by atoms with E-state index >= 15 is 0 Å². The van der Waals surface area contributed by atoms with Crippen molar-refractivity contribution in [2.75, 3.05) is 12.3 Å². The molecule has 1 aliphatic rings. The van der Waals surface area contributed by atoms with Gasteiger partial charge in [0.05, 0.1) is 12.3 Å². The van der Waals surface area contributed by atoms with E-state index in [-0.39, 0.29) is 5.91 Å². The number of carbonyl (C=O) groups is 1. The standard InChI is InChI=1S/C22H25N5OS/c1-17-8-5-6-13-26(17)20(28)16-29-22-25-24-21(19-11-7-12-23-14-19)27(22)15-18-9-3-2-4-10-18/h2-4,7,9-12,14,17H,5-6,8,13,15-16H2,1H3/t17-/m1/s1. The van der Waals surface area contributed by atoms with Gasteiger partial charge in [-0.25, -0.2) is 0 Å². The van der Waals surface area contributed by atoms with Crippen molar-refractivity contribution < 1.29 is 4.79 Å². The minimum Gasteiger partial charge on any atom is -0.339 e. The quantitative estimate of drug-likeness (QED) is 0.580. The van der Waals surface area contributed by atoms with E-state index in [1.165, 1.54) is 18.2 Å². The first-order valence-electron chi connectivity index (χ1n) is 10.0. The van der Waals surface area contributed by atoms with Crippen molar-refractivity contribution in [2.24, 2.45) is 0 Å². The third-order valence-electron chi connectivity index (χ3n) is 5.27. The van der Waals surface area contributed by atoms with Crippen LogP contribution in [0.1, 0.15) is 31.7 Å². The van der Waals surface area contributed by atoms with E-state index in [9.17, 15) is 4.79 Å². The number of aromatic nitrogens is 4. The Morgan fingerprint density at radius 2 is 2.00 bits per heavy atom. The van der Waals surface area contributed by atoms with Gasteiger partial charge in [0.15, 0.2) is 11.0 Å². The molecule has 0 radical (unpaired) electrons. The van der Waals surface area contributed by atoms with Crippen LogP contribution in [0, 0.1) is 0 Å². The second kappa shape index (κ2) is 9.22. The molecule has 7 heteroatoms. The molecule has 4 rings (SSSR count). The molecule has 1 aromatic carbocycles. The van der Waals surface area contributed by atoms with Crippen LogP contribution in [0.3, 0.4) is 0 Å². The van der Waals surface area contributed by atoms with E-state index in [1.54, 1.807) is 12.4 Å². The highest BCUT2D eigenvalue weighted by Gasteiger charge is 2.24. The molecule has 0 N–H and O–H groups in total. The van der Waals surface area contributed by atoms with Gasteiger partial charge in [-0.1, -0.05) is 42.1 Å². The first-order valence-corrected chi connectivity index (χ1v) is 11.0. The number of likely N-dealkylation sites (tertiary alicyclic amines) is 1. The molecule has 1 fully saturated rings. The maximum Gasteiger partial charge on any atom is 0.233 e.